The van der Waals surface area contributed by atoms with Crippen LogP contribution in [0.25, 0.3) is 0 Å². The number of esters is 3. The van der Waals surface area contributed by atoms with Gasteiger partial charge in [0.1, 0.15) is 0 Å². The Morgan fingerprint density at radius 1 is 0.955 bits per heavy atom. The number of carbonyl (C=O) groups is 4. The summed E-state index contributed by atoms with van der Waals surface area (Å²) in [5.41, 5.74) is 1.47. The van der Waals surface area contributed by atoms with E-state index >= 15 is 0 Å². The maximum Gasteiger partial charge on any atom is 0.405 e. The molecule has 1 heterocycles. The van der Waals surface area contributed by atoms with Crippen molar-refractivity contribution in [2.75, 3.05) is 6.61 Å². The smallest absolute Gasteiger partial charge is 0.405 e. The summed E-state index contributed by atoms with van der Waals surface area (Å²) in [4.78, 5) is 44.8. The van der Waals surface area contributed by atoms with Crippen molar-refractivity contribution in [1.29, 1.82) is 0 Å². The largest absolute Gasteiger partial charge is 0.456 e. The minimum absolute atomic E-state index is 0.273. The predicted octanol–water partition coefficient (Wildman–Crippen LogP) is -0.767. The van der Waals surface area contributed by atoms with Crippen LogP contribution < -0.4 is 5.73 Å². The third-order valence-electron chi connectivity index (χ3n) is 2.53. The van der Waals surface area contributed by atoms with E-state index in [9.17, 15) is 19.2 Å². The van der Waals surface area contributed by atoms with Crippen LogP contribution in [0.5, 0.6) is 0 Å². The molecule has 0 aromatic heterocycles. The van der Waals surface area contributed by atoms with E-state index in [0.717, 1.165) is 20.8 Å². The number of carbonyl (C=O) groups excluding carboxylic acids is 4. The highest BCUT2D eigenvalue weighted by atomic mass is 16.7. The molecular formula is C12H17NO9. The van der Waals surface area contributed by atoms with Gasteiger partial charge in [-0.2, -0.15) is 0 Å². The predicted molar refractivity (Wildman–Crippen MR) is 67.1 cm³/mol. The molecule has 0 aromatic carbocycles. The highest BCUT2D eigenvalue weighted by Crippen LogP contribution is 2.25. The van der Waals surface area contributed by atoms with E-state index in [4.69, 9.17) is 25.1 Å². The molecule has 4 atom stereocenters. The number of hydrogen-bond donors (Lipinski definition) is 1. The van der Waals surface area contributed by atoms with E-state index in [1.165, 1.54) is 5.73 Å². The molecule has 1 rings (SSSR count). The van der Waals surface area contributed by atoms with E-state index in [0.29, 0.717) is 0 Å². The van der Waals surface area contributed by atoms with Crippen molar-refractivity contribution in [2.45, 2.75) is 45.4 Å². The van der Waals surface area contributed by atoms with Crippen molar-refractivity contribution >= 4 is 24.0 Å². The topological polar surface area (TPSA) is 140 Å². The van der Waals surface area contributed by atoms with Crippen LogP contribution in [0.2, 0.25) is 1.41 Å². The van der Waals surface area contributed by atoms with Crippen LogP contribution >= 0.6 is 0 Å². The standard InChI is InChI=1S/C12H17NO9/c1-5(14)19-8-4-18-11(21-7(3)16)10(20-6(2)15)9(8)22-12(13)17/h8-11H,4H2,1-3H3,(H2,13,17)/t8-,9+,10-,11?/m1/s1/i/hD. The van der Waals surface area contributed by atoms with E-state index in [1.807, 2.05) is 0 Å². The van der Waals surface area contributed by atoms with Crippen molar-refractivity contribution in [2.24, 2.45) is 5.73 Å². The van der Waals surface area contributed by atoms with Gasteiger partial charge in [0.05, 0.1) is 6.61 Å². The lowest BCUT2D eigenvalue weighted by molar-refractivity contribution is -0.269. The first-order chi connectivity index (χ1) is 10.7. The zero-order valence-electron chi connectivity index (χ0n) is 13.2. The van der Waals surface area contributed by atoms with Crippen molar-refractivity contribution in [3.05, 3.63) is 0 Å². The van der Waals surface area contributed by atoms with Crippen LogP contribution in [-0.4, -0.2) is 55.2 Å². The van der Waals surface area contributed by atoms with Gasteiger partial charge < -0.3 is 29.4 Å². The number of nitrogens with two attached hydrogens (primary N) is 1. The second-order valence-corrected chi connectivity index (χ2v) is 4.40. The summed E-state index contributed by atoms with van der Waals surface area (Å²) < 4.78 is 31.7. The molecule has 10 nitrogen and oxygen atoms in total. The van der Waals surface area contributed by atoms with Gasteiger partial charge in [0.25, 0.3) is 0 Å². The number of ether oxygens (including phenoxy) is 5. The Balaban J connectivity index is 3.05. The lowest BCUT2D eigenvalue weighted by Gasteiger charge is -2.39. The zero-order chi connectivity index (χ0) is 17.6. The normalized spacial score (nSPS) is 27.9. The first kappa shape index (κ1) is 16.0. The van der Waals surface area contributed by atoms with Gasteiger partial charge in [0.2, 0.25) is 12.4 Å². The average molecular weight is 320 g/mol. The molecule has 1 fully saturated rings. The van der Waals surface area contributed by atoms with E-state index in [1.54, 1.807) is 0 Å². The Bertz CT molecular complexity index is 483. The molecule has 2 N–H and O–H groups in total. The van der Waals surface area contributed by atoms with Crippen LogP contribution in [0.4, 0.5) is 4.79 Å². The second kappa shape index (κ2) is 7.59. The van der Waals surface area contributed by atoms with Crippen LogP contribution in [0.1, 0.15) is 20.8 Å². The van der Waals surface area contributed by atoms with E-state index in [-0.39, 0.29) is 6.61 Å². The summed E-state index contributed by atoms with van der Waals surface area (Å²) in [7, 11) is 0. The van der Waals surface area contributed by atoms with Crippen LogP contribution in [0.15, 0.2) is 0 Å². The number of rotatable bonds is 4. The zero-order valence-corrected chi connectivity index (χ0v) is 12.2. The lowest BCUT2D eigenvalue weighted by atomic mass is 10.0. The lowest BCUT2D eigenvalue weighted by Crippen LogP contribution is -2.58. The third kappa shape index (κ3) is 5.20. The molecule has 1 saturated heterocycles. The molecule has 124 valence electrons. The van der Waals surface area contributed by atoms with Gasteiger partial charge in [-0.25, -0.2) is 4.79 Å². The molecule has 1 aliphatic rings. The fraction of sp³-hybridized carbons (Fsp3) is 0.667. The molecule has 0 aromatic rings. The van der Waals surface area contributed by atoms with E-state index < -0.39 is 48.6 Å². The van der Waals surface area contributed by atoms with Gasteiger partial charge in [0, 0.05) is 20.8 Å². The van der Waals surface area contributed by atoms with E-state index in [2.05, 4.69) is 0 Å². The molecule has 22 heavy (non-hydrogen) atoms. The summed E-state index contributed by atoms with van der Waals surface area (Å²) in [5, 5.41) is 0. The summed E-state index contributed by atoms with van der Waals surface area (Å²) >= 11 is 0. The Labute approximate surface area is 127 Å². The molecule has 0 saturated carbocycles. The first-order valence-electron chi connectivity index (χ1n) is 6.76. The average Bonchev–Trinajstić information content (AvgIpc) is 2.43. The van der Waals surface area contributed by atoms with Gasteiger partial charge in [-0.1, -0.05) is 0 Å². The van der Waals surface area contributed by atoms with Crippen LogP contribution in [0, 0.1) is 0 Å². The van der Waals surface area contributed by atoms with Gasteiger partial charge in [-0.3, -0.25) is 14.4 Å². The molecule has 1 unspecified atom stereocenters. The monoisotopic (exact) mass is 320 g/mol. The fourth-order valence-electron chi connectivity index (χ4n) is 1.91. The Morgan fingerprint density at radius 3 is 2.05 bits per heavy atom. The number of primary amides is 1. The van der Waals surface area contributed by atoms with Gasteiger partial charge in [-0.15, -0.1) is 0 Å². The number of hydrogen-bond acceptors (Lipinski definition) is 9. The van der Waals surface area contributed by atoms with Gasteiger partial charge in [0.15, 0.2) is 13.6 Å². The molecule has 10 heteroatoms. The van der Waals surface area contributed by atoms with Crippen molar-refractivity contribution in [3.63, 3.8) is 0 Å². The Morgan fingerprint density at radius 2 is 1.55 bits per heavy atom. The second-order valence-electron chi connectivity index (χ2n) is 4.40. The SMILES string of the molecule is [2H]NC(=O)O[C@H]1[C@H](OC(C)=O)COC(OC(C)=O)[C@@H]1OC(C)=O. The fourth-order valence-corrected chi connectivity index (χ4v) is 1.91. The Kier molecular flexibility index (Phi) is 5.53. The molecule has 1 aliphatic heterocycles. The summed E-state index contributed by atoms with van der Waals surface area (Å²) in [6.45, 7) is 3.05. The maximum absolute atomic E-state index is 11.3. The van der Waals surface area contributed by atoms with Crippen LogP contribution in [0.3, 0.4) is 0 Å². The van der Waals surface area contributed by atoms with Crippen molar-refractivity contribution < 1.29 is 44.3 Å². The third-order valence-corrected chi connectivity index (χ3v) is 2.53. The molecule has 0 aliphatic carbocycles. The number of amides is 1. The minimum Gasteiger partial charge on any atom is -0.456 e. The van der Waals surface area contributed by atoms with Crippen molar-refractivity contribution in [1.82, 2.24) is 0 Å². The highest BCUT2D eigenvalue weighted by Gasteiger charge is 2.48. The summed E-state index contributed by atoms with van der Waals surface area (Å²) in [6.07, 6.45) is -6.33. The maximum atomic E-state index is 11.3. The molecule has 0 radical (unpaired) electrons. The van der Waals surface area contributed by atoms with Crippen LogP contribution in [-0.2, 0) is 38.1 Å². The minimum atomic E-state index is -1.37. The first-order valence-corrected chi connectivity index (χ1v) is 6.26. The van der Waals surface area contributed by atoms with Gasteiger partial charge >= 0.3 is 24.0 Å². The quantitative estimate of drug-likeness (QED) is 0.522. The van der Waals surface area contributed by atoms with Gasteiger partial charge in [-0.05, 0) is 0 Å². The highest BCUT2D eigenvalue weighted by molar-refractivity contribution is 5.68. The molecule has 1 amide bonds. The van der Waals surface area contributed by atoms with Crippen molar-refractivity contribution in [3.8, 4) is 0 Å². The Hall–Kier alpha value is -2.36. The molecule has 0 spiro atoms. The molecule has 0 bridgehead atoms. The molecular weight excluding hydrogens is 302 g/mol. The summed E-state index contributed by atoms with van der Waals surface area (Å²) in [5.74, 6) is -2.17. The summed E-state index contributed by atoms with van der Waals surface area (Å²) in [6, 6.07) is 0.